The van der Waals surface area contributed by atoms with Gasteiger partial charge in [0.25, 0.3) is 0 Å². The fraction of sp³-hybridized carbons (Fsp3) is 0.346. The molecular formula is C26H30BNO2. The van der Waals surface area contributed by atoms with Gasteiger partial charge in [-0.2, -0.15) is 0 Å². The van der Waals surface area contributed by atoms with Crippen molar-refractivity contribution >= 4 is 12.9 Å². The highest BCUT2D eigenvalue weighted by Gasteiger charge is 2.37. The molecule has 0 saturated carbocycles. The van der Waals surface area contributed by atoms with Crippen LogP contribution in [-0.2, 0) is 10.1 Å². The molecule has 1 N–H and O–H groups in total. The van der Waals surface area contributed by atoms with Crippen molar-refractivity contribution in [1.29, 1.82) is 0 Å². The van der Waals surface area contributed by atoms with Crippen LogP contribution in [0.15, 0.2) is 60.9 Å². The Bertz CT molecular complexity index is 1080. The molecule has 0 saturated heterocycles. The minimum absolute atomic E-state index is 0.0878. The van der Waals surface area contributed by atoms with Crippen molar-refractivity contribution in [3.63, 3.8) is 0 Å². The Kier molecular flexibility index (Phi) is 4.91. The maximum atomic E-state index is 10.4. The van der Waals surface area contributed by atoms with Gasteiger partial charge in [-0.15, -0.1) is 0 Å². The molecule has 1 heterocycles. The van der Waals surface area contributed by atoms with Crippen molar-refractivity contribution in [3.05, 3.63) is 72.1 Å². The number of aromatic nitrogens is 1. The Morgan fingerprint density at radius 3 is 2.07 bits per heavy atom. The molecule has 4 heteroatoms. The van der Waals surface area contributed by atoms with Gasteiger partial charge >= 0.3 is 7.48 Å². The summed E-state index contributed by atoms with van der Waals surface area (Å²) in [4.78, 5) is 4.14. The average Bonchev–Trinajstić information content (AvgIpc) is 2.93. The number of pyridine rings is 1. The summed E-state index contributed by atoms with van der Waals surface area (Å²) >= 11 is 0. The third-order valence-electron chi connectivity index (χ3n) is 6.83. The lowest BCUT2D eigenvalue weighted by molar-refractivity contribution is -0.0893. The average molecular weight is 399 g/mol. The minimum atomic E-state index is -0.914. The number of fused-ring (bicyclic) bond motifs is 3. The Hall–Kier alpha value is -2.43. The Labute approximate surface area is 180 Å². The lowest BCUT2D eigenvalue weighted by atomic mass is 9.77. The highest BCUT2D eigenvalue weighted by atomic mass is 16.5. The second-order valence-corrected chi connectivity index (χ2v) is 9.86. The third-order valence-corrected chi connectivity index (χ3v) is 6.83. The van der Waals surface area contributed by atoms with Gasteiger partial charge in [-0.05, 0) is 79.3 Å². The van der Waals surface area contributed by atoms with Crippen LogP contribution < -0.4 is 5.46 Å². The van der Waals surface area contributed by atoms with Crippen molar-refractivity contribution < 1.29 is 9.76 Å². The maximum Gasteiger partial charge on any atom is 0.309 e. The van der Waals surface area contributed by atoms with Crippen molar-refractivity contribution in [3.8, 4) is 22.3 Å². The molecule has 154 valence electrons. The third kappa shape index (κ3) is 3.48. The number of rotatable bonds is 5. The molecule has 0 bridgehead atoms. The summed E-state index contributed by atoms with van der Waals surface area (Å²) in [6.07, 6.45) is 3.67. The lowest BCUT2D eigenvalue weighted by Crippen LogP contribution is -2.49. The van der Waals surface area contributed by atoms with Gasteiger partial charge in [0.15, 0.2) is 0 Å². The standard InChI is InChI=1S/C26H30BNO2/c1-24(2)22-15-18(17-11-13-28-14-12-17)7-9-20(22)21-10-8-19(16-23(21)24)27-30-26(5,6)25(3,4)29/h7-16,27,29H,1-6H3. The number of nitrogens with zero attached hydrogens (tertiary/aromatic N) is 1. The number of hydrogen-bond donors (Lipinski definition) is 1. The SMILES string of the molecule is CC1(C)c2cc(BOC(C)(C)C(C)(C)O)ccc2-c2ccc(-c3ccncc3)cc21. The first kappa shape index (κ1) is 20.8. The molecule has 1 aromatic heterocycles. The molecule has 3 aromatic rings. The van der Waals surface area contributed by atoms with E-state index in [1.54, 1.807) is 13.8 Å². The van der Waals surface area contributed by atoms with Gasteiger partial charge in [0.05, 0.1) is 11.2 Å². The monoisotopic (exact) mass is 399 g/mol. The zero-order valence-corrected chi connectivity index (χ0v) is 18.8. The molecule has 0 aliphatic heterocycles. The zero-order valence-electron chi connectivity index (χ0n) is 18.8. The van der Waals surface area contributed by atoms with Crippen LogP contribution in [-0.4, -0.2) is 28.8 Å². The molecule has 0 fully saturated rings. The van der Waals surface area contributed by atoms with Gasteiger partial charge in [-0.1, -0.05) is 49.6 Å². The largest absolute Gasteiger partial charge is 0.427 e. The van der Waals surface area contributed by atoms with Crippen LogP contribution in [0.4, 0.5) is 0 Å². The Balaban J connectivity index is 1.67. The predicted octanol–water partition coefficient (Wildman–Crippen LogP) is 4.60. The first-order valence-electron chi connectivity index (χ1n) is 10.6. The zero-order chi connectivity index (χ0) is 21.7. The fourth-order valence-electron chi connectivity index (χ4n) is 4.04. The van der Waals surface area contributed by atoms with Crippen LogP contribution in [0.3, 0.4) is 0 Å². The second kappa shape index (κ2) is 7.07. The topological polar surface area (TPSA) is 42.4 Å². The van der Waals surface area contributed by atoms with Crippen molar-refractivity contribution in [1.82, 2.24) is 4.98 Å². The molecule has 30 heavy (non-hydrogen) atoms. The van der Waals surface area contributed by atoms with Gasteiger partial charge in [0, 0.05) is 17.8 Å². The molecule has 2 aromatic carbocycles. The number of hydrogen-bond acceptors (Lipinski definition) is 3. The first-order chi connectivity index (χ1) is 14.0. The van der Waals surface area contributed by atoms with E-state index in [2.05, 4.69) is 67.4 Å². The van der Waals surface area contributed by atoms with E-state index in [0.717, 1.165) is 5.46 Å². The number of aliphatic hydroxyl groups is 1. The van der Waals surface area contributed by atoms with Crippen molar-refractivity contribution in [2.75, 3.05) is 0 Å². The van der Waals surface area contributed by atoms with Crippen LogP contribution in [0, 0.1) is 0 Å². The molecule has 1 aliphatic carbocycles. The van der Waals surface area contributed by atoms with Gasteiger partial charge < -0.3 is 9.76 Å². The van der Waals surface area contributed by atoms with Gasteiger partial charge in [0.2, 0.25) is 0 Å². The van der Waals surface area contributed by atoms with E-state index in [4.69, 9.17) is 4.65 Å². The van der Waals surface area contributed by atoms with E-state index >= 15 is 0 Å². The summed E-state index contributed by atoms with van der Waals surface area (Å²) in [6.45, 7) is 12.0. The molecule has 0 spiro atoms. The first-order valence-corrected chi connectivity index (χ1v) is 10.6. The van der Waals surface area contributed by atoms with Gasteiger partial charge in [-0.3, -0.25) is 4.98 Å². The van der Waals surface area contributed by atoms with Crippen LogP contribution >= 0.6 is 0 Å². The van der Waals surface area contributed by atoms with E-state index in [1.165, 1.54) is 33.4 Å². The highest BCUT2D eigenvalue weighted by molar-refractivity contribution is 6.47. The molecule has 0 radical (unpaired) electrons. The van der Waals surface area contributed by atoms with E-state index in [0.29, 0.717) is 7.48 Å². The molecule has 3 nitrogen and oxygen atoms in total. The Morgan fingerprint density at radius 2 is 1.43 bits per heavy atom. The summed E-state index contributed by atoms with van der Waals surface area (Å²) in [5.74, 6) is 0. The van der Waals surface area contributed by atoms with Crippen LogP contribution in [0.5, 0.6) is 0 Å². The van der Waals surface area contributed by atoms with E-state index in [1.807, 2.05) is 26.2 Å². The Morgan fingerprint density at radius 1 is 0.833 bits per heavy atom. The molecule has 4 rings (SSSR count). The molecule has 0 amide bonds. The lowest BCUT2D eigenvalue weighted by Gasteiger charge is -2.37. The quantitative estimate of drug-likeness (QED) is 0.638. The summed E-state index contributed by atoms with van der Waals surface area (Å²) in [6, 6.07) is 17.5. The van der Waals surface area contributed by atoms with Crippen LogP contribution in [0.1, 0.15) is 52.7 Å². The summed E-state index contributed by atoms with van der Waals surface area (Å²) in [5.41, 5.74) is 7.16. The molecular weight excluding hydrogens is 369 g/mol. The highest BCUT2D eigenvalue weighted by Crippen LogP contribution is 2.49. The fourth-order valence-corrected chi connectivity index (χ4v) is 4.04. The van der Waals surface area contributed by atoms with E-state index in [9.17, 15) is 5.11 Å². The number of benzene rings is 2. The molecule has 0 unspecified atom stereocenters. The summed E-state index contributed by atoms with van der Waals surface area (Å²) in [5, 5.41) is 10.4. The minimum Gasteiger partial charge on any atom is -0.427 e. The smallest absolute Gasteiger partial charge is 0.309 e. The van der Waals surface area contributed by atoms with Gasteiger partial charge in [-0.25, -0.2) is 0 Å². The van der Waals surface area contributed by atoms with Crippen molar-refractivity contribution in [2.45, 2.75) is 58.2 Å². The van der Waals surface area contributed by atoms with E-state index < -0.39 is 11.2 Å². The van der Waals surface area contributed by atoms with Crippen LogP contribution in [0.2, 0.25) is 0 Å². The normalized spacial score (nSPS) is 14.9. The summed E-state index contributed by atoms with van der Waals surface area (Å²) < 4.78 is 6.11. The predicted molar refractivity (Wildman–Crippen MR) is 125 cm³/mol. The molecule has 1 aliphatic rings. The summed E-state index contributed by atoms with van der Waals surface area (Å²) in [7, 11) is 0.471. The van der Waals surface area contributed by atoms with E-state index in [-0.39, 0.29) is 5.41 Å². The van der Waals surface area contributed by atoms with Crippen LogP contribution in [0.25, 0.3) is 22.3 Å². The maximum absolute atomic E-state index is 10.4. The second-order valence-electron chi connectivity index (χ2n) is 9.86. The van der Waals surface area contributed by atoms with Crippen molar-refractivity contribution in [2.24, 2.45) is 0 Å². The molecule has 0 atom stereocenters. The van der Waals surface area contributed by atoms with Gasteiger partial charge in [0.1, 0.15) is 0 Å².